The van der Waals surface area contributed by atoms with Gasteiger partial charge < -0.3 is 15.3 Å². The van der Waals surface area contributed by atoms with Crippen molar-refractivity contribution in [2.75, 3.05) is 18.6 Å². The molecule has 1 aromatic carbocycles. The van der Waals surface area contributed by atoms with Gasteiger partial charge in [0.25, 0.3) is 0 Å². The van der Waals surface area contributed by atoms with Crippen molar-refractivity contribution in [1.29, 1.82) is 0 Å². The second-order valence-corrected chi connectivity index (χ2v) is 6.05. The smallest absolute Gasteiger partial charge is 0.326 e. The summed E-state index contributed by atoms with van der Waals surface area (Å²) in [4.78, 5) is 25.1. The van der Waals surface area contributed by atoms with Gasteiger partial charge in [0.2, 0.25) is 0 Å². The Labute approximate surface area is 128 Å². The highest BCUT2D eigenvalue weighted by molar-refractivity contribution is 7.98. The molecule has 0 bridgehead atoms. The lowest BCUT2D eigenvalue weighted by Crippen LogP contribution is -2.49. The Hall–Kier alpha value is -1.69. The number of urea groups is 1. The number of hydrogen-bond acceptors (Lipinski definition) is 3. The monoisotopic (exact) mass is 308 g/mol. The Morgan fingerprint density at radius 2 is 2.10 bits per heavy atom. The number of nitrogens with one attached hydrogen (secondary N) is 1. The molecule has 0 saturated carbocycles. The number of hydrogen-bond donors (Lipinski definition) is 2. The van der Waals surface area contributed by atoms with Crippen LogP contribution in [0, 0.1) is 0 Å². The van der Waals surface area contributed by atoms with Crippen molar-refractivity contribution in [3.8, 4) is 0 Å². The van der Waals surface area contributed by atoms with E-state index < -0.39 is 12.0 Å². The second kappa shape index (κ2) is 7.36. The molecule has 1 atom stereocenters. The predicted octanol–water partition coefficient (Wildman–Crippen LogP) is 1.96. The van der Waals surface area contributed by atoms with Crippen molar-refractivity contribution >= 4 is 23.8 Å². The van der Waals surface area contributed by atoms with Crippen LogP contribution in [0.2, 0.25) is 0 Å². The maximum absolute atomic E-state index is 12.2. The van der Waals surface area contributed by atoms with Gasteiger partial charge in [-0.2, -0.15) is 11.8 Å². The van der Waals surface area contributed by atoms with E-state index in [0.29, 0.717) is 25.3 Å². The molecule has 1 aromatic rings. The minimum Gasteiger partial charge on any atom is -0.480 e. The molecule has 21 heavy (non-hydrogen) atoms. The molecule has 1 aliphatic heterocycles. The van der Waals surface area contributed by atoms with E-state index in [4.69, 9.17) is 5.11 Å². The Bertz CT molecular complexity index is 521. The minimum absolute atomic E-state index is 0.294. The molecule has 2 amide bonds. The van der Waals surface area contributed by atoms with Gasteiger partial charge in [-0.3, -0.25) is 0 Å². The fourth-order valence-electron chi connectivity index (χ4n) is 2.40. The van der Waals surface area contributed by atoms with Crippen molar-refractivity contribution in [2.45, 2.75) is 25.4 Å². The van der Waals surface area contributed by atoms with Gasteiger partial charge in [-0.1, -0.05) is 24.3 Å². The van der Waals surface area contributed by atoms with Crippen LogP contribution in [-0.4, -0.2) is 46.6 Å². The van der Waals surface area contributed by atoms with Crippen molar-refractivity contribution in [1.82, 2.24) is 10.2 Å². The van der Waals surface area contributed by atoms with E-state index in [1.807, 2.05) is 24.5 Å². The van der Waals surface area contributed by atoms with Gasteiger partial charge >= 0.3 is 12.0 Å². The number of aliphatic carboxylic acids is 1. The van der Waals surface area contributed by atoms with Crippen LogP contribution >= 0.6 is 11.8 Å². The highest BCUT2D eigenvalue weighted by Gasteiger charge is 2.25. The van der Waals surface area contributed by atoms with Crippen LogP contribution in [0.25, 0.3) is 0 Å². The number of rotatable bonds is 5. The largest absolute Gasteiger partial charge is 0.480 e. The van der Waals surface area contributed by atoms with Gasteiger partial charge in [0.05, 0.1) is 0 Å². The van der Waals surface area contributed by atoms with Gasteiger partial charge in [0, 0.05) is 13.1 Å². The Morgan fingerprint density at radius 1 is 1.38 bits per heavy atom. The topological polar surface area (TPSA) is 69.6 Å². The molecular weight excluding hydrogens is 288 g/mol. The van der Waals surface area contributed by atoms with Crippen LogP contribution in [0.5, 0.6) is 0 Å². The average molecular weight is 308 g/mol. The third-order valence-corrected chi connectivity index (χ3v) is 4.27. The first-order valence-corrected chi connectivity index (χ1v) is 8.35. The van der Waals surface area contributed by atoms with E-state index in [-0.39, 0.29) is 6.03 Å². The number of nitrogens with zero attached hydrogens (tertiary/aromatic N) is 1. The lowest BCUT2D eigenvalue weighted by atomic mass is 10.0. The molecular formula is C15H20N2O3S. The van der Waals surface area contributed by atoms with Crippen LogP contribution in [0.15, 0.2) is 24.3 Å². The molecule has 1 heterocycles. The summed E-state index contributed by atoms with van der Waals surface area (Å²) in [5.74, 6) is -0.269. The van der Waals surface area contributed by atoms with E-state index in [0.717, 1.165) is 12.0 Å². The van der Waals surface area contributed by atoms with E-state index in [9.17, 15) is 9.59 Å². The van der Waals surface area contributed by atoms with Crippen molar-refractivity contribution in [3.63, 3.8) is 0 Å². The molecule has 0 saturated heterocycles. The van der Waals surface area contributed by atoms with Crippen molar-refractivity contribution in [2.24, 2.45) is 0 Å². The number of carbonyl (C=O) groups excluding carboxylic acids is 1. The quantitative estimate of drug-likeness (QED) is 0.872. The van der Waals surface area contributed by atoms with Gasteiger partial charge in [0.1, 0.15) is 6.04 Å². The normalized spacial score (nSPS) is 15.2. The molecule has 0 fully saturated rings. The summed E-state index contributed by atoms with van der Waals surface area (Å²) < 4.78 is 0. The maximum Gasteiger partial charge on any atom is 0.326 e. The van der Waals surface area contributed by atoms with Crippen molar-refractivity contribution < 1.29 is 14.7 Å². The summed E-state index contributed by atoms with van der Waals surface area (Å²) in [6, 6.07) is 6.93. The fraction of sp³-hybridized carbons (Fsp3) is 0.467. The number of fused-ring (bicyclic) bond motifs is 1. The highest BCUT2D eigenvalue weighted by Crippen LogP contribution is 2.18. The number of carboxylic acids is 1. The number of benzene rings is 1. The van der Waals surface area contributed by atoms with E-state index >= 15 is 0 Å². The van der Waals surface area contributed by atoms with Crippen LogP contribution in [-0.2, 0) is 17.8 Å². The molecule has 0 aromatic heterocycles. The molecule has 0 unspecified atom stereocenters. The first-order chi connectivity index (χ1) is 10.1. The van der Waals surface area contributed by atoms with Crippen LogP contribution < -0.4 is 5.32 Å². The third kappa shape index (κ3) is 4.14. The molecule has 1 aliphatic rings. The zero-order valence-corrected chi connectivity index (χ0v) is 12.9. The molecule has 0 spiro atoms. The van der Waals surface area contributed by atoms with Crippen LogP contribution in [0.3, 0.4) is 0 Å². The summed E-state index contributed by atoms with van der Waals surface area (Å²) in [6.07, 6.45) is 3.17. The van der Waals surface area contributed by atoms with Gasteiger partial charge in [-0.15, -0.1) is 0 Å². The van der Waals surface area contributed by atoms with Crippen LogP contribution in [0.1, 0.15) is 17.5 Å². The third-order valence-electron chi connectivity index (χ3n) is 3.62. The molecule has 114 valence electrons. The minimum atomic E-state index is -0.977. The van der Waals surface area contributed by atoms with Crippen molar-refractivity contribution in [3.05, 3.63) is 35.4 Å². The average Bonchev–Trinajstić information content (AvgIpc) is 2.50. The highest BCUT2D eigenvalue weighted by atomic mass is 32.2. The zero-order valence-electron chi connectivity index (χ0n) is 12.0. The molecule has 2 N–H and O–H groups in total. The maximum atomic E-state index is 12.2. The molecule has 5 nitrogen and oxygen atoms in total. The lowest BCUT2D eigenvalue weighted by molar-refractivity contribution is -0.139. The van der Waals surface area contributed by atoms with Gasteiger partial charge in [-0.25, -0.2) is 9.59 Å². The Kier molecular flexibility index (Phi) is 5.50. The van der Waals surface area contributed by atoms with E-state index in [2.05, 4.69) is 11.4 Å². The summed E-state index contributed by atoms with van der Waals surface area (Å²) in [5.41, 5.74) is 2.40. The number of thioether (sulfide) groups is 1. The summed E-state index contributed by atoms with van der Waals surface area (Å²) in [7, 11) is 0. The second-order valence-electron chi connectivity index (χ2n) is 5.06. The first-order valence-electron chi connectivity index (χ1n) is 6.95. The summed E-state index contributed by atoms with van der Waals surface area (Å²) in [5, 5.41) is 11.8. The predicted molar refractivity (Wildman–Crippen MR) is 83.5 cm³/mol. The standard InChI is InChI=1S/C15H20N2O3S/c1-21-9-7-13(14(18)19)16-15(20)17-8-6-11-4-2-3-5-12(11)10-17/h2-5,13H,6-10H2,1H3,(H,16,20)(H,18,19)/t13-/m1/s1. The first kappa shape index (κ1) is 15.7. The molecule has 0 radical (unpaired) electrons. The fourth-order valence-corrected chi connectivity index (χ4v) is 2.87. The van der Waals surface area contributed by atoms with E-state index in [1.54, 1.807) is 16.7 Å². The zero-order chi connectivity index (χ0) is 15.2. The van der Waals surface area contributed by atoms with Crippen LogP contribution in [0.4, 0.5) is 4.79 Å². The number of carbonyl (C=O) groups is 2. The molecule has 0 aliphatic carbocycles. The SMILES string of the molecule is CSCC[C@@H](NC(=O)N1CCc2ccccc2C1)C(=O)O. The Morgan fingerprint density at radius 3 is 2.76 bits per heavy atom. The van der Waals surface area contributed by atoms with E-state index in [1.165, 1.54) is 5.56 Å². The summed E-state index contributed by atoms with van der Waals surface area (Å²) >= 11 is 1.57. The number of carboxylic acid groups (broad SMARTS) is 1. The van der Waals surface area contributed by atoms with Gasteiger partial charge in [-0.05, 0) is 36.0 Å². The Balaban J connectivity index is 1.96. The molecule has 6 heteroatoms. The molecule has 2 rings (SSSR count). The lowest BCUT2D eigenvalue weighted by Gasteiger charge is -2.30. The summed E-state index contributed by atoms with van der Waals surface area (Å²) in [6.45, 7) is 1.16. The van der Waals surface area contributed by atoms with Gasteiger partial charge in [0.15, 0.2) is 0 Å². The number of amides is 2.